The molecule has 0 amide bonds. The van der Waals surface area contributed by atoms with Crippen molar-refractivity contribution in [3.05, 3.63) is 39.9 Å². The molecule has 0 radical (unpaired) electrons. The largest absolute Gasteiger partial charge is 1.00 e. The molecule has 132 valence electrons. The number of ketones is 1. The molecule has 3 rings (SSSR count). The third kappa shape index (κ3) is 4.28. The monoisotopic (exact) mass is 389 g/mol. The van der Waals surface area contributed by atoms with Crippen molar-refractivity contribution in [3.63, 3.8) is 0 Å². The van der Waals surface area contributed by atoms with E-state index in [1.807, 2.05) is 6.92 Å². The van der Waals surface area contributed by atoms with Crippen molar-refractivity contribution in [3.8, 4) is 0 Å². The maximum absolute atomic E-state index is 12.8. The van der Waals surface area contributed by atoms with Gasteiger partial charge in [-0.25, -0.2) is 0 Å². The van der Waals surface area contributed by atoms with Gasteiger partial charge >= 0.3 is 59.1 Å². The minimum absolute atomic E-state index is 0. The van der Waals surface area contributed by atoms with E-state index in [1.165, 1.54) is 6.07 Å². The molecule has 0 saturated heterocycles. The van der Waals surface area contributed by atoms with E-state index < -0.39 is 18.0 Å². The molecule has 1 N–H and O–H groups in total. The molecular weight excluding hydrogens is 372 g/mol. The van der Waals surface area contributed by atoms with Crippen LogP contribution in [0, 0.1) is 0 Å². The second-order valence-electron chi connectivity index (χ2n) is 6.09. The van der Waals surface area contributed by atoms with Crippen molar-refractivity contribution in [1.82, 2.24) is 4.98 Å². The number of carboxylic acid groups (broad SMARTS) is 2. The number of aliphatic carboxylic acids is 1. The number of allylic oxidation sites excluding steroid dienone is 2. The fourth-order valence-corrected chi connectivity index (χ4v) is 3.46. The van der Waals surface area contributed by atoms with Crippen LogP contribution in [0.3, 0.4) is 0 Å². The molecule has 2 heterocycles. The van der Waals surface area contributed by atoms with Gasteiger partial charge in [0, 0.05) is 24.0 Å². The van der Waals surface area contributed by atoms with Crippen LogP contribution in [0.2, 0.25) is 0 Å². The van der Waals surface area contributed by atoms with Crippen molar-refractivity contribution in [2.45, 2.75) is 45.6 Å². The summed E-state index contributed by atoms with van der Waals surface area (Å²) in [6.07, 6.45) is 0.760. The van der Waals surface area contributed by atoms with Gasteiger partial charge in [0.15, 0.2) is 6.10 Å². The van der Waals surface area contributed by atoms with Crippen LogP contribution >= 0.6 is 0 Å². The number of carbonyl (C=O) groups is 3. The first-order chi connectivity index (χ1) is 11.9. The quantitative estimate of drug-likeness (QED) is 0.501. The van der Waals surface area contributed by atoms with Crippen LogP contribution < -0.4 is 69.3 Å². The van der Waals surface area contributed by atoms with Crippen LogP contribution in [0.15, 0.2) is 23.0 Å². The van der Waals surface area contributed by atoms with E-state index in [-0.39, 0.29) is 93.9 Å². The third-order valence-corrected chi connectivity index (χ3v) is 4.58. The number of aromatic amines is 1. The van der Waals surface area contributed by atoms with Crippen LogP contribution in [-0.2, 0) is 9.53 Å². The number of aromatic nitrogens is 1. The van der Waals surface area contributed by atoms with Crippen molar-refractivity contribution >= 4 is 23.3 Å². The summed E-state index contributed by atoms with van der Waals surface area (Å²) in [4.78, 5) is 38.1. The number of fused-ring (bicyclic) bond motifs is 2. The van der Waals surface area contributed by atoms with Crippen LogP contribution in [0.4, 0.5) is 0 Å². The normalized spacial score (nSPS) is 18.0. The second-order valence-corrected chi connectivity index (χ2v) is 6.09. The first-order valence-corrected chi connectivity index (χ1v) is 8.19. The van der Waals surface area contributed by atoms with Crippen molar-refractivity contribution < 1.29 is 88.4 Å². The van der Waals surface area contributed by atoms with Gasteiger partial charge in [0.25, 0.3) is 0 Å². The van der Waals surface area contributed by atoms with E-state index in [9.17, 15) is 24.6 Å². The van der Waals surface area contributed by atoms with Crippen LogP contribution in [-0.4, -0.2) is 28.8 Å². The molecule has 27 heavy (non-hydrogen) atoms. The average molecular weight is 389 g/mol. The Labute approximate surface area is 200 Å². The molecular formula is C18H17NNa2O6. The molecule has 0 aromatic carbocycles. The molecule has 7 nitrogen and oxygen atoms in total. The number of nitrogens with one attached hydrogen (secondary N) is 1. The summed E-state index contributed by atoms with van der Waals surface area (Å²) in [5.41, 5.74) is 1.79. The van der Waals surface area contributed by atoms with Crippen molar-refractivity contribution in [1.29, 1.82) is 0 Å². The van der Waals surface area contributed by atoms with Gasteiger partial charge in [-0.1, -0.05) is 20.3 Å². The van der Waals surface area contributed by atoms with Gasteiger partial charge in [-0.2, -0.15) is 0 Å². The molecule has 1 aromatic rings. The number of H-pyrrole nitrogens is 1. The van der Waals surface area contributed by atoms with E-state index in [0.717, 1.165) is 12.0 Å². The summed E-state index contributed by atoms with van der Waals surface area (Å²) in [5, 5.41) is 22.6. The van der Waals surface area contributed by atoms with E-state index in [0.29, 0.717) is 24.1 Å². The molecule has 1 atom stereocenters. The van der Waals surface area contributed by atoms with Crippen LogP contribution in [0.25, 0.3) is 5.57 Å². The Kier molecular flexibility index (Phi) is 8.59. The second kappa shape index (κ2) is 9.58. The maximum atomic E-state index is 12.8. The Morgan fingerprint density at radius 2 is 1.89 bits per heavy atom. The molecule has 1 aliphatic carbocycles. The van der Waals surface area contributed by atoms with Gasteiger partial charge in [0.05, 0.1) is 23.3 Å². The summed E-state index contributed by atoms with van der Waals surface area (Å²) in [6, 6.07) is 1.26. The Hall–Kier alpha value is -0.830. The van der Waals surface area contributed by atoms with Gasteiger partial charge in [0.1, 0.15) is 5.76 Å². The zero-order valence-electron chi connectivity index (χ0n) is 15.9. The summed E-state index contributed by atoms with van der Waals surface area (Å²) < 4.78 is 5.70. The van der Waals surface area contributed by atoms with E-state index in [2.05, 4.69) is 4.98 Å². The fourth-order valence-electron chi connectivity index (χ4n) is 3.46. The minimum atomic E-state index is -1.41. The molecule has 0 fully saturated rings. The molecule has 1 aromatic heterocycles. The standard InChI is InChI=1S/C18H19NO6.2Na/c1-3-5-8-9-6-10(17(21)22)13(4-2)25-16(9)15(20)11-7-12(18(23)24)19-14(8)11;;/h7,16,19H,3-6H2,1-2H3,(H,21,22)(H,23,24);;/q;2*+1/p-2. The molecule has 9 heteroatoms. The molecule has 0 spiro atoms. The smallest absolute Gasteiger partial charge is 0.545 e. The Morgan fingerprint density at radius 3 is 2.41 bits per heavy atom. The average Bonchev–Trinajstić information content (AvgIpc) is 3.03. The zero-order valence-corrected chi connectivity index (χ0v) is 19.9. The number of hydrogen-bond donors (Lipinski definition) is 1. The fraction of sp³-hybridized carbons (Fsp3) is 0.389. The number of carboxylic acids is 2. The maximum Gasteiger partial charge on any atom is 1.00 e. The van der Waals surface area contributed by atoms with Crippen LogP contribution in [0.1, 0.15) is 66.1 Å². The zero-order chi connectivity index (χ0) is 18.3. The predicted molar refractivity (Wildman–Crippen MR) is 83.1 cm³/mol. The SMILES string of the molecule is CCCC1=C2CC(C(=O)[O-])=C(CC)OC2C(=O)c2cc(C(=O)[O-])[nH]c21.[Na+].[Na+]. The first-order valence-electron chi connectivity index (χ1n) is 8.19. The predicted octanol–water partition coefficient (Wildman–Crippen LogP) is -5.66. The number of Topliss-reactive ketones (excluding diaryl/α,β-unsaturated/α-hetero) is 1. The summed E-state index contributed by atoms with van der Waals surface area (Å²) in [5.74, 6) is -2.87. The van der Waals surface area contributed by atoms with Gasteiger partial charge in [0.2, 0.25) is 5.78 Å². The summed E-state index contributed by atoms with van der Waals surface area (Å²) in [6.45, 7) is 3.68. The summed E-state index contributed by atoms with van der Waals surface area (Å²) in [7, 11) is 0. The number of rotatable bonds is 5. The number of hydrogen-bond acceptors (Lipinski definition) is 6. The third-order valence-electron chi connectivity index (χ3n) is 4.58. The van der Waals surface area contributed by atoms with Gasteiger partial charge in [-0.05, 0) is 23.6 Å². The molecule has 1 unspecified atom stereocenters. The van der Waals surface area contributed by atoms with Gasteiger partial charge < -0.3 is 29.5 Å². The number of carbonyl (C=O) groups excluding carboxylic acids is 3. The molecule has 0 saturated carbocycles. The van der Waals surface area contributed by atoms with Crippen molar-refractivity contribution in [2.24, 2.45) is 0 Å². The molecule has 2 aliphatic rings. The molecule has 1 aliphatic heterocycles. The number of aromatic carboxylic acids is 1. The van der Waals surface area contributed by atoms with Gasteiger partial charge in [-0.15, -0.1) is 0 Å². The Bertz CT molecular complexity index is 852. The Balaban J connectivity index is 0.00000182. The topological polar surface area (TPSA) is 122 Å². The van der Waals surface area contributed by atoms with E-state index in [1.54, 1.807) is 6.92 Å². The Morgan fingerprint density at radius 1 is 1.22 bits per heavy atom. The molecule has 0 bridgehead atoms. The number of ether oxygens (including phenoxy) is 1. The minimum Gasteiger partial charge on any atom is -0.545 e. The van der Waals surface area contributed by atoms with E-state index in [4.69, 9.17) is 4.74 Å². The first kappa shape index (κ1) is 24.2. The van der Waals surface area contributed by atoms with Gasteiger partial charge in [-0.3, -0.25) is 4.79 Å². The van der Waals surface area contributed by atoms with Crippen molar-refractivity contribution in [2.75, 3.05) is 0 Å². The van der Waals surface area contributed by atoms with Crippen LogP contribution in [0.5, 0.6) is 0 Å². The summed E-state index contributed by atoms with van der Waals surface area (Å²) >= 11 is 0. The van der Waals surface area contributed by atoms with E-state index >= 15 is 0 Å².